The first-order valence-electron chi connectivity index (χ1n) is 5.66. The molecule has 5 nitrogen and oxygen atoms in total. The molecule has 0 aliphatic carbocycles. The zero-order valence-corrected chi connectivity index (χ0v) is 12.1. The number of rotatable bonds is 3. The van der Waals surface area contributed by atoms with Crippen molar-refractivity contribution in [2.75, 3.05) is 0 Å². The monoisotopic (exact) mass is 329 g/mol. The molecule has 102 valence electrons. The number of aryl methyl sites for hydroxylation is 1. The Morgan fingerprint density at radius 3 is 2.95 bits per heavy atom. The van der Waals surface area contributed by atoms with E-state index in [9.17, 15) is 9.18 Å². The number of hydrogen-bond acceptors (Lipinski definition) is 3. The lowest BCUT2D eigenvalue weighted by molar-refractivity contribution is 0.106. The highest BCUT2D eigenvalue weighted by atomic mass is 79.9. The minimum atomic E-state index is -0.832. The van der Waals surface area contributed by atoms with E-state index in [0.29, 0.717) is 27.9 Å². The second-order valence-corrected chi connectivity index (χ2v) is 5.19. The van der Waals surface area contributed by atoms with Crippen molar-refractivity contribution in [1.29, 1.82) is 0 Å². The SMILES string of the molecule is Cc1nc2c(F)cc(Br)cc2n1CC(C)OC(N)=O. The summed E-state index contributed by atoms with van der Waals surface area (Å²) in [7, 11) is 0. The van der Waals surface area contributed by atoms with E-state index >= 15 is 0 Å². The van der Waals surface area contributed by atoms with E-state index in [1.54, 1.807) is 24.5 Å². The van der Waals surface area contributed by atoms with Gasteiger partial charge in [-0.15, -0.1) is 0 Å². The summed E-state index contributed by atoms with van der Waals surface area (Å²) in [5.41, 5.74) is 5.91. The quantitative estimate of drug-likeness (QED) is 0.941. The van der Waals surface area contributed by atoms with Gasteiger partial charge in [-0.25, -0.2) is 14.2 Å². The van der Waals surface area contributed by atoms with Gasteiger partial charge in [0, 0.05) is 4.47 Å². The van der Waals surface area contributed by atoms with E-state index in [-0.39, 0.29) is 0 Å². The number of fused-ring (bicyclic) bond motifs is 1. The predicted molar refractivity (Wildman–Crippen MR) is 72.3 cm³/mol. The highest BCUT2D eigenvalue weighted by Crippen LogP contribution is 2.24. The van der Waals surface area contributed by atoms with Crippen LogP contribution in [0.3, 0.4) is 0 Å². The Bertz CT molecular complexity index is 641. The molecule has 0 radical (unpaired) electrons. The highest BCUT2D eigenvalue weighted by Gasteiger charge is 2.15. The molecule has 0 aliphatic heterocycles. The van der Waals surface area contributed by atoms with Gasteiger partial charge < -0.3 is 15.0 Å². The summed E-state index contributed by atoms with van der Waals surface area (Å²) in [6, 6.07) is 3.14. The molecule has 1 amide bonds. The first kappa shape index (κ1) is 13.8. The maximum absolute atomic E-state index is 13.8. The molecular weight excluding hydrogens is 317 g/mol. The van der Waals surface area contributed by atoms with Crippen molar-refractivity contribution in [1.82, 2.24) is 9.55 Å². The fourth-order valence-corrected chi connectivity index (χ4v) is 2.41. The summed E-state index contributed by atoms with van der Waals surface area (Å²) in [5.74, 6) is 0.251. The third-order valence-electron chi connectivity index (χ3n) is 2.72. The lowest BCUT2D eigenvalue weighted by atomic mass is 10.3. The highest BCUT2D eigenvalue weighted by molar-refractivity contribution is 9.10. The lowest BCUT2D eigenvalue weighted by Crippen LogP contribution is -2.24. The van der Waals surface area contributed by atoms with Gasteiger partial charge in [0.1, 0.15) is 17.4 Å². The summed E-state index contributed by atoms with van der Waals surface area (Å²) < 4.78 is 21.1. The molecule has 0 saturated heterocycles. The number of amides is 1. The van der Waals surface area contributed by atoms with Crippen molar-refractivity contribution in [3.63, 3.8) is 0 Å². The molecular formula is C12H13BrFN3O2. The van der Waals surface area contributed by atoms with Crippen molar-refractivity contribution >= 4 is 33.1 Å². The molecule has 0 fully saturated rings. The minimum Gasteiger partial charge on any atom is -0.445 e. The fourth-order valence-electron chi connectivity index (χ4n) is 1.99. The molecule has 0 aliphatic rings. The molecule has 1 atom stereocenters. The van der Waals surface area contributed by atoms with Crippen LogP contribution in [-0.4, -0.2) is 21.7 Å². The number of nitrogens with zero attached hydrogens (tertiary/aromatic N) is 2. The van der Waals surface area contributed by atoms with Crippen LogP contribution in [-0.2, 0) is 11.3 Å². The average molecular weight is 330 g/mol. The second-order valence-electron chi connectivity index (χ2n) is 4.27. The summed E-state index contributed by atoms with van der Waals surface area (Å²) in [6.45, 7) is 3.84. The first-order chi connectivity index (χ1) is 8.88. The minimum absolute atomic E-state index is 0.298. The zero-order valence-electron chi connectivity index (χ0n) is 10.5. The Labute approximate surface area is 117 Å². The van der Waals surface area contributed by atoms with Gasteiger partial charge in [0.05, 0.1) is 12.1 Å². The van der Waals surface area contributed by atoms with Crippen LogP contribution < -0.4 is 5.73 Å². The summed E-state index contributed by atoms with van der Waals surface area (Å²) in [4.78, 5) is 14.9. The molecule has 2 aromatic rings. The maximum Gasteiger partial charge on any atom is 0.404 e. The number of aromatic nitrogens is 2. The standard InChI is InChI=1S/C12H13BrFN3O2/c1-6(19-12(15)18)5-17-7(2)16-11-9(14)3-8(13)4-10(11)17/h3-4,6H,5H2,1-2H3,(H2,15,18). The topological polar surface area (TPSA) is 70.1 Å². The summed E-state index contributed by atoms with van der Waals surface area (Å²) >= 11 is 3.25. The van der Waals surface area contributed by atoms with E-state index in [0.717, 1.165) is 0 Å². The molecule has 0 bridgehead atoms. The van der Waals surface area contributed by atoms with Crippen LogP contribution in [0.1, 0.15) is 12.7 Å². The Morgan fingerprint density at radius 1 is 1.63 bits per heavy atom. The number of primary amides is 1. The molecule has 0 saturated carbocycles. The Kier molecular flexibility index (Phi) is 3.75. The van der Waals surface area contributed by atoms with Gasteiger partial charge in [-0.3, -0.25) is 0 Å². The van der Waals surface area contributed by atoms with Gasteiger partial charge in [0.15, 0.2) is 5.82 Å². The van der Waals surface area contributed by atoms with Crippen molar-refractivity contribution in [3.8, 4) is 0 Å². The van der Waals surface area contributed by atoms with Crippen molar-refractivity contribution in [3.05, 3.63) is 28.2 Å². The van der Waals surface area contributed by atoms with Crippen molar-refractivity contribution in [2.24, 2.45) is 5.73 Å². The number of imidazole rings is 1. The summed E-state index contributed by atoms with van der Waals surface area (Å²) in [5, 5.41) is 0. The smallest absolute Gasteiger partial charge is 0.404 e. The van der Waals surface area contributed by atoms with Gasteiger partial charge in [-0.05, 0) is 26.0 Å². The van der Waals surface area contributed by atoms with E-state index in [2.05, 4.69) is 20.9 Å². The van der Waals surface area contributed by atoms with Crippen LogP contribution in [0.2, 0.25) is 0 Å². The van der Waals surface area contributed by atoms with E-state index < -0.39 is 18.0 Å². The molecule has 1 heterocycles. The third kappa shape index (κ3) is 2.86. The van der Waals surface area contributed by atoms with Gasteiger partial charge in [-0.2, -0.15) is 0 Å². The third-order valence-corrected chi connectivity index (χ3v) is 3.18. The summed E-state index contributed by atoms with van der Waals surface area (Å²) in [6.07, 6.45) is -1.25. The maximum atomic E-state index is 13.8. The normalized spacial score (nSPS) is 12.6. The Balaban J connectivity index is 2.42. The number of halogens is 2. The second kappa shape index (κ2) is 5.16. The van der Waals surface area contributed by atoms with Crippen LogP contribution in [0.15, 0.2) is 16.6 Å². The van der Waals surface area contributed by atoms with Crippen molar-refractivity contribution < 1.29 is 13.9 Å². The lowest BCUT2D eigenvalue weighted by Gasteiger charge is -2.14. The molecule has 19 heavy (non-hydrogen) atoms. The van der Waals surface area contributed by atoms with E-state index in [1.165, 1.54) is 6.07 Å². The average Bonchev–Trinajstić information content (AvgIpc) is 2.56. The van der Waals surface area contributed by atoms with Crippen molar-refractivity contribution in [2.45, 2.75) is 26.5 Å². The van der Waals surface area contributed by atoms with Gasteiger partial charge in [0.2, 0.25) is 0 Å². The number of carbonyl (C=O) groups excluding carboxylic acids is 1. The molecule has 1 aromatic heterocycles. The first-order valence-corrected chi connectivity index (χ1v) is 6.45. The van der Waals surface area contributed by atoms with Crippen LogP contribution in [0.5, 0.6) is 0 Å². The Hall–Kier alpha value is -1.63. The Morgan fingerprint density at radius 2 is 2.32 bits per heavy atom. The van der Waals surface area contributed by atoms with Crippen LogP contribution in [0.4, 0.5) is 9.18 Å². The van der Waals surface area contributed by atoms with Crippen LogP contribution >= 0.6 is 15.9 Å². The fraction of sp³-hybridized carbons (Fsp3) is 0.333. The molecule has 2 N–H and O–H groups in total. The van der Waals surface area contributed by atoms with E-state index in [1.807, 2.05) is 0 Å². The van der Waals surface area contributed by atoms with Gasteiger partial charge >= 0.3 is 6.09 Å². The predicted octanol–water partition coefficient (Wildman–Crippen LogP) is 2.73. The molecule has 0 spiro atoms. The van der Waals surface area contributed by atoms with Gasteiger partial charge in [-0.1, -0.05) is 15.9 Å². The van der Waals surface area contributed by atoms with Crippen LogP contribution in [0, 0.1) is 12.7 Å². The zero-order chi connectivity index (χ0) is 14.2. The number of nitrogens with two attached hydrogens (primary N) is 1. The van der Waals surface area contributed by atoms with E-state index in [4.69, 9.17) is 10.5 Å². The number of carbonyl (C=O) groups is 1. The molecule has 1 unspecified atom stereocenters. The molecule has 1 aromatic carbocycles. The number of hydrogen-bond donors (Lipinski definition) is 1. The largest absolute Gasteiger partial charge is 0.445 e. The van der Waals surface area contributed by atoms with Gasteiger partial charge in [0.25, 0.3) is 0 Å². The number of ether oxygens (including phenoxy) is 1. The number of benzene rings is 1. The molecule has 7 heteroatoms. The molecule has 2 rings (SSSR count). The van der Waals surface area contributed by atoms with Crippen LogP contribution in [0.25, 0.3) is 11.0 Å².